The Balaban J connectivity index is 0.000000187. The van der Waals surface area contributed by atoms with Crippen LogP contribution in [0.4, 0.5) is 0 Å². The predicted molar refractivity (Wildman–Crippen MR) is 38.6 cm³/mol. The van der Waals surface area contributed by atoms with Crippen molar-refractivity contribution < 1.29 is 4.79 Å². The summed E-state index contributed by atoms with van der Waals surface area (Å²) in [5, 5.41) is 2.01. The quantitative estimate of drug-likeness (QED) is 0.517. The molecule has 0 N–H and O–H groups in total. The van der Waals surface area contributed by atoms with E-state index in [9.17, 15) is 0 Å². The van der Waals surface area contributed by atoms with Crippen molar-refractivity contribution in [2.45, 2.75) is 13.8 Å². The van der Waals surface area contributed by atoms with Crippen LogP contribution in [0.25, 0.3) is 0 Å². The molecule has 0 aliphatic carbocycles. The standard InChI is InChI=1S/C4H5NS.C2H4O/c1-4-2-6-3-5-4;1-2-3/h2-3H,1H3;2H,1H3. The highest BCUT2D eigenvalue weighted by Gasteiger charge is 1.76. The molecule has 1 rings (SSSR count). The van der Waals surface area contributed by atoms with Crippen LogP contribution in [0.5, 0.6) is 0 Å². The van der Waals surface area contributed by atoms with Crippen molar-refractivity contribution in [2.75, 3.05) is 0 Å². The number of aryl methyl sites for hydroxylation is 1. The number of nitrogens with zero attached hydrogens (tertiary/aromatic N) is 1. The number of carbonyl (C=O) groups is 1. The number of aldehydes is 1. The summed E-state index contributed by atoms with van der Waals surface area (Å²) in [5.41, 5.74) is 2.94. The lowest BCUT2D eigenvalue weighted by Gasteiger charge is -1.64. The molecule has 9 heavy (non-hydrogen) atoms. The summed E-state index contributed by atoms with van der Waals surface area (Å²) in [6, 6.07) is 0. The lowest BCUT2D eigenvalue weighted by Crippen LogP contribution is -1.59. The van der Waals surface area contributed by atoms with Gasteiger partial charge < -0.3 is 4.79 Å². The van der Waals surface area contributed by atoms with Crippen LogP contribution in [0.1, 0.15) is 12.6 Å². The number of hydrogen-bond donors (Lipinski definition) is 0. The minimum Gasteiger partial charge on any atom is -0.304 e. The monoisotopic (exact) mass is 143 g/mol. The van der Waals surface area contributed by atoms with Crippen LogP contribution in [-0.2, 0) is 4.79 Å². The van der Waals surface area contributed by atoms with Crippen LogP contribution in [0.3, 0.4) is 0 Å². The summed E-state index contributed by atoms with van der Waals surface area (Å²) in [5.74, 6) is 0. The minimum atomic E-state index is 0.750. The summed E-state index contributed by atoms with van der Waals surface area (Å²) in [6.45, 7) is 3.43. The maximum absolute atomic E-state index is 8.81. The first-order valence-corrected chi connectivity index (χ1v) is 3.50. The largest absolute Gasteiger partial charge is 0.304 e. The summed E-state index contributed by atoms with van der Waals surface area (Å²) in [7, 11) is 0. The smallest absolute Gasteiger partial charge is 0.116 e. The fourth-order valence-electron chi connectivity index (χ4n) is 0.273. The van der Waals surface area contributed by atoms with E-state index in [2.05, 4.69) is 4.98 Å². The Morgan fingerprint density at radius 3 is 2.44 bits per heavy atom. The molecule has 0 radical (unpaired) electrons. The van der Waals surface area contributed by atoms with Gasteiger partial charge >= 0.3 is 0 Å². The number of carbonyl (C=O) groups excluding carboxylic acids is 1. The SMILES string of the molecule is CC=O.Cc1cscn1. The first kappa shape index (κ1) is 8.30. The minimum absolute atomic E-state index is 0.750. The average Bonchev–Trinajstić information content (AvgIpc) is 2.20. The molecule has 0 aromatic carbocycles. The molecule has 2 nitrogen and oxygen atoms in total. The van der Waals surface area contributed by atoms with Crippen LogP contribution < -0.4 is 0 Å². The first-order valence-electron chi connectivity index (χ1n) is 2.55. The second kappa shape index (κ2) is 5.44. The second-order valence-electron chi connectivity index (χ2n) is 1.37. The van der Waals surface area contributed by atoms with Crippen molar-refractivity contribution in [3.05, 3.63) is 16.6 Å². The molecule has 0 bridgehead atoms. The molecule has 50 valence electrons. The first-order chi connectivity index (χ1) is 4.31. The van der Waals surface area contributed by atoms with Gasteiger partial charge in [0.05, 0.1) is 5.51 Å². The normalized spacial score (nSPS) is 7.33. The summed E-state index contributed by atoms with van der Waals surface area (Å²) < 4.78 is 0. The van der Waals surface area contributed by atoms with E-state index in [-0.39, 0.29) is 0 Å². The maximum atomic E-state index is 8.81. The Labute approximate surface area is 58.6 Å². The van der Waals surface area contributed by atoms with Crippen molar-refractivity contribution in [2.24, 2.45) is 0 Å². The van der Waals surface area contributed by atoms with Gasteiger partial charge in [0.15, 0.2) is 0 Å². The number of hydrogen-bond acceptors (Lipinski definition) is 3. The van der Waals surface area contributed by atoms with Crippen LogP contribution >= 0.6 is 11.3 Å². The Bertz CT molecular complexity index is 148. The van der Waals surface area contributed by atoms with E-state index in [1.165, 1.54) is 6.92 Å². The second-order valence-corrected chi connectivity index (χ2v) is 2.08. The number of thiazole rings is 1. The van der Waals surface area contributed by atoms with Crippen molar-refractivity contribution >= 4 is 17.6 Å². The van der Waals surface area contributed by atoms with Gasteiger partial charge in [0.2, 0.25) is 0 Å². The molecule has 0 spiro atoms. The fourth-order valence-corrected chi connectivity index (χ4v) is 0.819. The van der Waals surface area contributed by atoms with E-state index in [1.54, 1.807) is 11.3 Å². The third-order valence-corrected chi connectivity index (χ3v) is 1.26. The molecule has 1 heterocycles. The molecule has 0 saturated heterocycles. The molecular weight excluding hydrogens is 134 g/mol. The van der Waals surface area contributed by atoms with Crippen molar-refractivity contribution in [3.63, 3.8) is 0 Å². The number of aromatic nitrogens is 1. The van der Waals surface area contributed by atoms with Crippen molar-refractivity contribution in [3.8, 4) is 0 Å². The van der Waals surface area contributed by atoms with Gasteiger partial charge in [-0.15, -0.1) is 11.3 Å². The van der Waals surface area contributed by atoms with E-state index in [1.807, 2.05) is 17.8 Å². The molecular formula is C6H9NOS. The summed E-state index contributed by atoms with van der Waals surface area (Å²) >= 11 is 1.63. The zero-order chi connectivity index (χ0) is 7.11. The van der Waals surface area contributed by atoms with Gasteiger partial charge in [-0.3, -0.25) is 4.98 Å². The molecule has 0 atom stereocenters. The molecule has 0 saturated carbocycles. The van der Waals surface area contributed by atoms with Crippen LogP contribution in [0.15, 0.2) is 10.9 Å². The van der Waals surface area contributed by atoms with Gasteiger partial charge in [-0.2, -0.15) is 0 Å². The number of rotatable bonds is 0. The summed E-state index contributed by atoms with van der Waals surface area (Å²) in [6.07, 6.45) is 0.750. The van der Waals surface area contributed by atoms with Gasteiger partial charge in [0.25, 0.3) is 0 Å². The zero-order valence-electron chi connectivity index (χ0n) is 5.50. The highest BCUT2D eigenvalue weighted by Crippen LogP contribution is 1.95. The Kier molecular flexibility index (Phi) is 5.01. The molecule has 0 aliphatic rings. The Hall–Kier alpha value is -0.700. The zero-order valence-corrected chi connectivity index (χ0v) is 6.31. The van der Waals surface area contributed by atoms with Gasteiger partial charge in [-0.1, -0.05) is 0 Å². The van der Waals surface area contributed by atoms with Crippen molar-refractivity contribution in [1.29, 1.82) is 0 Å². The van der Waals surface area contributed by atoms with E-state index >= 15 is 0 Å². The van der Waals surface area contributed by atoms with Crippen LogP contribution in [0.2, 0.25) is 0 Å². The Morgan fingerprint density at radius 2 is 2.33 bits per heavy atom. The third-order valence-electron chi connectivity index (χ3n) is 0.556. The topological polar surface area (TPSA) is 30.0 Å². The highest BCUT2D eigenvalue weighted by atomic mass is 32.1. The molecule has 0 amide bonds. The molecule has 3 heteroatoms. The van der Waals surface area contributed by atoms with Gasteiger partial charge in [-0.25, -0.2) is 0 Å². The average molecular weight is 143 g/mol. The lowest BCUT2D eigenvalue weighted by molar-refractivity contribution is -0.106. The Morgan fingerprint density at radius 1 is 1.78 bits per heavy atom. The maximum Gasteiger partial charge on any atom is 0.116 e. The van der Waals surface area contributed by atoms with Gasteiger partial charge in [-0.05, 0) is 13.8 Å². The van der Waals surface area contributed by atoms with Crippen LogP contribution in [-0.4, -0.2) is 11.3 Å². The van der Waals surface area contributed by atoms with Crippen molar-refractivity contribution in [1.82, 2.24) is 4.98 Å². The van der Waals surface area contributed by atoms with E-state index in [0.29, 0.717) is 0 Å². The third kappa shape index (κ3) is 5.17. The van der Waals surface area contributed by atoms with E-state index < -0.39 is 0 Å². The molecule has 0 aliphatic heterocycles. The molecule has 1 aromatic heterocycles. The summed E-state index contributed by atoms with van der Waals surface area (Å²) in [4.78, 5) is 12.7. The van der Waals surface area contributed by atoms with Gasteiger partial charge in [0, 0.05) is 11.1 Å². The van der Waals surface area contributed by atoms with E-state index in [4.69, 9.17) is 4.79 Å². The van der Waals surface area contributed by atoms with Crippen LogP contribution in [0, 0.1) is 6.92 Å². The highest BCUT2D eigenvalue weighted by molar-refractivity contribution is 7.07. The molecule has 0 fully saturated rings. The molecule has 0 unspecified atom stereocenters. The van der Waals surface area contributed by atoms with Gasteiger partial charge in [0.1, 0.15) is 6.29 Å². The fraction of sp³-hybridized carbons (Fsp3) is 0.333. The lowest BCUT2D eigenvalue weighted by atomic mass is 10.6. The predicted octanol–water partition coefficient (Wildman–Crippen LogP) is 1.66. The van der Waals surface area contributed by atoms with E-state index in [0.717, 1.165) is 12.0 Å². The molecule has 1 aromatic rings.